The van der Waals surface area contributed by atoms with Gasteiger partial charge < -0.3 is 5.11 Å². The van der Waals surface area contributed by atoms with Crippen LogP contribution in [0.5, 0.6) is 0 Å². The molecule has 0 bridgehead atoms. The van der Waals surface area contributed by atoms with Crippen molar-refractivity contribution in [3.05, 3.63) is 47.3 Å². The largest absolute Gasteiger partial charge is 0.395 e. The van der Waals surface area contributed by atoms with E-state index in [0.717, 1.165) is 5.56 Å². The Morgan fingerprint density at radius 2 is 2.15 bits per heavy atom. The minimum Gasteiger partial charge on any atom is -0.395 e. The molecule has 0 aliphatic carbocycles. The van der Waals surface area contributed by atoms with Crippen molar-refractivity contribution in [2.24, 2.45) is 0 Å². The van der Waals surface area contributed by atoms with Crippen molar-refractivity contribution >= 4 is 10.0 Å². The SMILES string of the molecule is CC=CCC(CO)NS(=O)(=O)Cc1ccc(C)cc1F. The molecule has 0 fully saturated rings. The average molecular weight is 301 g/mol. The van der Waals surface area contributed by atoms with Crippen molar-refractivity contribution in [1.29, 1.82) is 0 Å². The van der Waals surface area contributed by atoms with Crippen LogP contribution >= 0.6 is 0 Å². The zero-order valence-electron chi connectivity index (χ0n) is 11.6. The van der Waals surface area contributed by atoms with Gasteiger partial charge in [-0.25, -0.2) is 17.5 Å². The fourth-order valence-corrected chi connectivity index (χ4v) is 3.14. The molecule has 0 radical (unpaired) electrons. The lowest BCUT2D eigenvalue weighted by Crippen LogP contribution is -2.37. The van der Waals surface area contributed by atoms with Gasteiger partial charge in [-0.15, -0.1) is 0 Å². The third-order valence-electron chi connectivity index (χ3n) is 2.78. The third kappa shape index (κ3) is 5.40. The van der Waals surface area contributed by atoms with E-state index in [4.69, 9.17) is 5.11 Å². The summed E-state index contributed by atoms with van der Waals surface area (Å²) < 4.78 is 39.9. The molecule has 0 saturated carbocycles. The number of hydrogen-bond donors (Lipinski definition) is 2. The third-order valence-corrected chi connectivity index (χ3v) is 4.16. The van der Waals surface area contributed by atoms with Crippen LogP contribution in [0.3, 0.4) is 0 Å². The van der Waals surface area contributed by atoms with Gasteiger partial charge in [0.25, 0.3) is 0 Å². The first kappa shape index (κ1) is 16.8. The van der Waals surface area contributed by atoms with Crippen LogP contribution in [0.4, 0.5) is 4.39 Å². The van der Waals surface area contributed by atoms with E-state index in [1.54, 1.807) is 25.1 Å². The Labute approximate surface area is 119 Å². The van der Waals surface area contributed by atoms with Crippen LogP contribution in [0.25, 0.3) is 0 Å². The minimum atomic E-state index is -3.70. The van der Waals surface area contributed by atoms with Gasteiger partial charge >= 0.3 is 0 Å². The molecule has 2 N–H and O–H groups in total. The lowest BCUT2D eigenvalue weighted by molar-refractivity contribution is 0.257. The maximum absolute atomic E-state index is 13.6. The van der Waals surface area contributed by atoms with Crippen LogP contribution in [-0.4, -0.2) is 26.2 Å². The second-order valence-corrected chi connectivity index (χ2v) is 6.41. The molecule has 1 aromatic carbocycles. The first-order valence-electron chi connectivity index (χ1n) is 6.35. The van der Waals surface area contributed by atoms with E-state index in [1.165, 1.54) is 12.1 Å². The molecular formula is C14H20FNO3S. The summed E-state index contributed by atoms with van der Waals surface area (Å²) >= 11 is 0. The quantitative estimate of drug-likeness (QED) is 0.756. The number of allylic oxidation sites excluding steroid dienone is 1. The summed E-state index contributed by atoms with van der Waals surface area (Å²) in [6.07, 6.45) is 3.93. The van der Waals surface area contributed by atoms with Gasteiger partial charge in [0.15, 0.2) is 0 Å². The Bertz CT molecular complexity index is 570. The fourth-order valence-electron chi connectivity index (χ4n) is 1.73. The van der Waals surface area contributed by atoms with Crippen LogP contribution in [0.15, 0.2) is 30.4 Å². The number of sulfonamides is 1. The Kier molecular flexibility index (Phi) is 6.32. The van der Waals surface area contributed by atoms with E-state index in [0.29, 0.717) is 6.42 Å². The van der Waals surface area contributed by atoms with Crippen LogP contribution in [0.1, 0.15) is 24.5 Å². The molecular weight excluding hydrogens is 281 g/mol. The van der Waals surface area contributed by atoms with Gasteiger partial charge in [0, 0.05) is 11.6 Å². The summed E-state index contributed by atoms with van der Waals surface area (Å²) in [7, 11) is -3.70. The molecule has 1 atom stereocenters. The molecule has 0 aromatic heterocycles. The normalized spacial score (nSPS) is 13.8. The number of nitrogens with one attached hydrogen (secondary N) is 1. The number of benzene rings is 1. The Morgan fingerprint density at radius 1 is 1.45 bits per heavy atom. The monoisotopic (exact) mass is 301 g/mol. The van der Waals surface area contributed by atoms with Crippen LogP contribution in [-0.2, 0) is 15.8 Å². The van der Waals surface area contributed by atoms with Gasteiger partial charge in [0.2, 0.25) is 10.0 Å². The number of hydrogen-bond acceptors (Lipinski definition) is 3. The molecule has 0 spiro atoms. The highest BCUT2D eigenvalue weighted by Gasteiger charge is 2.18. The second-order valence-electron chi connectivity index (χ2n) is 4.66. The van der Waals surface area contributed by atoms with Gasteiger partial charge in [-0.3, -0.25) is 0 Å². The molecule has 1 rings (SSSR count). The molecule has 6 heteroatoms. The molecule has 112 valence electrons. The maximum Gasteiger partial charge on any atom is 0.216 e. The molecule has 0 aliphatic heterocycles. The Hall–Kier alpha value is -1.24. The molecule has 0 saturated heterocycles. The van der Waals surface area contributed by atoms with Crippen LogP contribution < -0.4 is 4.72 Å². The van der Waals surface area contributed by atoms with Gasteiger partial charge in [-0.2, -0.15) is 0 Å². The molecule has 4 nitrogen and oxygen atoms in total. The zero-order valence-corrected chi connectivity index (χ0v) is 12.5. The van der Waals surface area contributed by atoms with E-state index in [1.807, 2.05) is 6.92 Å². The fraction of sp³-hybridized carbons (Fsp3) is 0.429. The number of halogens is 1. The zero-order chi connectivity index (χ0) is 15.2. The summed E-state index contributed by atoms with van der Waals surface area (Å²) in [5, 5.41) is 9.14. The van der Waals surface area contributed by atoms with E-state index in [-0.39, 0.29) is 12.2 Å². The standard InChI is InChI=1S/C14H20FNO3S/c1-3-4-5-13(9-17)16-20(18,19)10-12-7-6-11(2)8-14(12)15/h3-4,6-8,13,16-17H,5,9-10H2,1-2H3. The Balaban J connectivity index is 2.78. The summed E-state index contributed by atoms with van der Waals surface area (Å²) in [4.78, 5) is 0. The van der Waals surface area contributed by atoms with Crippen molar-refractivity contribution in [2.45, 2.75) is 32.1 Å². The Morgan fingerprint density at radius 3 is 2.70 bits per heavy atom. The van der Waals surface area contributed by atoms with Crippen molar-refractivity contribution in [2.75, 3.05) is 6.61 Å². The van der Waals surface area contributed by atoms with Gasteiger partial charge in [-0.05, 0) is 31.9 Å². The van der Waals surface area contributed by atoms with Gasteiger partial charge in [0.05, 0.1) is 12.4 Å². The highest BCUT2D eigenvalue weighted by molar-refractivity contribution is 7.88. The molecule has 20 heavy (non-hydrogen) atoms. The summed E-state index contributed by atoms with van der Waals surface area (Å²) in [6, 6.07) is 3.83. The molecule has 1 unspecified atom stereocenters. The number of rotatable bonds is 7. The summed E-state index contributed by atoms with van der Waals surface area (Å²) in [6.45, 7) is 3.24. The minimum absolute atomic E-state index is 0.117. The smallest absolute Gasteiger partial charge is 0.216 e. The summed E-state index contributed by atoms with van der Waals surface area (Å²) in [5.41, 5.74) is 0.851. The number of aryl methyl sites for hydroxylation is 1. The van der Waals surface area contributed by atoms with Crippen molar-refractivity contribution in [1.82, 2.24) is 4.72 Å². The first-order chi connectivity index (χ1) is 9.38. The van der Waals surface area contributed by atoms with Crippen molar-refractivity contribution < 1.29 is 17.9 Å². The van der Waals surface area contributed by atoms with Crippen molar-refractivity contribution in [3.8, 4) is 0 Å². The highest BCUT2D eigenvalue weighted by atomic mass is 32.2. The van der Waals surface area contributed by atoms with E-state index in [9.17, 15) is 12.8 Å². The van der Waals surface area contributed by atoms with E-state index in [2.05, 4.69) is 4.72 Å². The topological polar surface area (TPSA) is 66.4 Å². The second kappa shape index (κ2) is 7.52. The van der Waals surface area contributed by atoms with Crippen LogP contribution in [0, 0.1) is 12.7 Å². The molecule has 1 aromatic rings. The molecule has 0 amide bonds. The summed E-state index contributed by atoms with van der Waals surface area (Å²) in [5.74, 6) is -0.977. The van der Waals surface area contributed by atoms with Gasteiger partial charge in [0.1, 0.15) is 5.82 Å². The highest BCUT2D eigenvalue weighted by Crippen LogP contribution is 2.13. The average Bonchev–Trinajstić information content (AvgIpc) is 2.37. The molecule has 0 aliphatic rings. The molecule has 0 heterocycles. The lowest BCUT2D eigenvalue weighted by atomic mass is 10.2. The number of aliphatic hydroxyl groups excluding tert-OH is 1. The maximum atomic E-state index is 13.6. The first-order valence-corrected chi connectivity index (χ1v) is 8.00. The predicted molar refractivity (Wildman–Crippen MR) is 77.2 cm³/mol. The number of aliphatic hydroxyl groups is 1. The van der Waals surface area contributed by atoms with E-state index >= 15 is 0 Å². The predicted octanol–water partition coefficient (Wildman–Crippen LogP) is 1.88. The lowest BCUT2D eigenvalue weighted by Gasteiger charge is -2.15. The van der Waals surface area contributed by atoms with Crippen molar-refractivity contribution in [3.63, 3.8) is 0 Å². The van der Waals surface area contributed by atoms with Gasteiger partial charge in [-0.1, -0.05) is 24.3 Å². The van der Waals surface area contributed by atoms with E-state index < -0.39 is 27.6 Å². The van der Waals surface area contributed by atoms with Crippen LogP contribution in [0.2, 0.25) is 0 Å².